The molecule has 0 aliphatic carbocycles. The lowest BCUT2D eigenvalue weighted by atomic mass is 9.78. The molecule has 138 valence electrons. The second kappa shape index (κ2) is 6.96. The number of halogens is 3. The van der Waals surface area contributed by atoms with E-state index in [1.807, 2.05) is 4.90 Å². The van der Waals surface area contributed by atoms with Crippen LogP contribution < -0.4 is 0 Å². The van der Waals surface area contributed by atoms with E-state index in [9.17, 15) is 18.0 Å². The van der Waals surface area contributed by atoms with Crippen LogP contribution in [0, 0.1) is 5.41 Å². The Morgan fingerprint density at radius 1 is 1.16 bits per heavy atom. The summed E-state index contributed by atoms with van der Waals surface area (Å²) in [6.07, 6.45) is -2.06. The summed E-state index contributed by atoms with van der Waals surface area (Å²) in [6, 6.07) is 5.63. The highest BCUT2D eigenvalue weighted by Gasteiger charge is 2.48. The van der Waals surface area contributed by atoms with Crippen LogP contribution in [0.1, 0.15) is 30.4 Å². The summed E-state index contributed by atoms with van der Waals surface area (Å²) >= 11 is 0. The number of carbonyl (C=O) groups excluding carboxylic acids is 1. The highest BCUT2D eigenvalue weighted by atomic mass is 19.4. The topological polar surface area (TPSA) is 43.8 Å². The maximum absolute atomic E-state index is 13.2. The van der Waals surface area contributed by atoms with Crippen LogP contribution in [0.4, 0.5) is 13.2 Å². The van der Waals surface area contributed by atoms with Crippen LogP contribution in [0.25, 0.3) is 0 Å². The molecule has 1 aromatic rings. The number of carbonyl (C=O) groups is 1. The van der Waals surface area contributed by atoms with Crippen molar-refractivity contribution in [3.8, 4) is 0 Å². The van der Waals surface area contributed by atoms with Crippen molar-refractivity contribution in [1.82, 2.24) is 9.80 Å². The third-order valence-corrected chi connectivity index (χ3v) is 5.34. The molecule has 0 saturated carbocycles. The molecule has 1 aromatic carbocycles. The number of alkyl halides is 3. The third-order valence-electron chi connectivity index (χ3n) is 5.34. The smallest absolute Gasteiger partial charge is 0.395 e. The van der Waals surface area contributed by atoms with Crippen LogP contribution in [0.5, 0.6) is 0 Å². The van der Waals surface area contributed by atoms with E-state index in [0.29, 0.717) is 32.6 Å². The number of rotatable bonds is 4. The zero-order chi connectivity index (χ0) is 18.1. The van der Waals surface area contributed by atoms with E-state index >= 15 is 0 Å². The molecule has 2 heterocycles. The summed E-state index contributed by atoms with van der Waals surface area (Å²) in [7, 11) is 0. The molecule has 2 saturated heterocycles. The zero-order valence-corrected chi connectivity index (χ0v) is 14.1. The maximum atomic E-state index is 13.2. The Bertz CT molecular complexity index is 633. The minimum Gasteiger partial charge on any atom is -0.395 e. The Morgan fingerprint density at radius 3 is 2.64 bits per heavy atom. The lowest BCUT2D eigenvalue weighted by molar-refractivity contribution is -0.146. The van der Waals surface area contributed by atoms with Gasteiger partial charge in [0.1, 0.15) is 0 Å². The first-order valence-electron chi connectivity index (χ1n) is 8.63. The monoisotopic (exact) mass is 356 g/mol. The van der Waals surface area contributed by atoms with Gasteiger partial charge in [-0.25, -0.2) is 0 Å². The van der Waals surface area contributed by atoms with Gasteiger partial charge in [-0.2, -0.15) is 13.2 Å². The van der Waals surface area contributed by atoms with E-state index in [1.54, 1.807) is 11.0 Å². The normalized spacial score (nSPS) is 25.1. The minimum absolute atomic E-state index is 0.0411. The lowest BCUT2D eigenvalue weighted by Gasteiger charge is -2.39. The fourth-order valence-corrected chi connectivity index (χ4v) is 4.13. The number of nitrogens with zero attached hydrogens (tertiary/aromatic N) is 2. The highest BCUT2D eigenvalue weighted by molar-refractivity contribution is 5.84. The van der Waals surface area contributed by atoms with Gasteiger partial charge in [-0.15, -0.1) is 0 Å². The summed E-state index contributed by atoms with van der Waals surface area (Å²) in [6.45, 7) is 2.22. The summed E-state index contributed by atoms with van der Waals surface area (Å²) < 4.78 is 39.5. The van der Waals surface area contributed by atoms with Gasteiger partial charge < -0.3 is 10.0 Å². The van der Waals surface area contributed by atoms with Crippen molar-refractivity contribution in [2.45, 2.75) is 32.0 Å². The first-order chi connectivity index (χ1) is 11.9. The Hall–Kier alpha value is -1.60. The van der Waals surface area contributed by atoms with Crippen molar-refractivity contribution in [2.75, 3.05) is 32.8 Å². The van der Waals surface area contributed by atoms with Crippen LogP contribution in [0.3, 0.4) is 0 Å². The van der Waals surface area contributed by atoms with E-state index < -0.39 is 17.2 Å². The molecule has 0 bridgehead atoms. The van der Waals surface area contributed by atoms with Crippen molar-refractivity contribution in [3.63, 3.8) is 0 Å². The van der Waals surface area contributed by atoms with Gasteiger partial charge in [-0.05, 0) is 37.4 Å². The Balaban J connectivity index is 1.73. The van der Waals surface area contributed by atoms with Gasteiger partial charge in [0.05, 0.1) is 17.6 Å². The largest absolute Gasteiger partial charge is 0.416 e. The van der Waals surface area contributed by atoms with E-state index in [4.69, 9.17) is 5.11 Å². The van der Waals surface area contributed by atoms with Crippen molar-refractivity contribution >= 4 is 5.91 Å². The molecule has 25 heavy (non-hydrogen) atoms. The van der Waals surface area contributed by atoms with Gasteiger partial charge in [-0.3, -0.25) is 9.69 Å². The van der Waals surface area contributed by atoms with Crippen LogP contribution in [-0.2, 0) is 17.5 Å². The first kappa shape index (κ1) is 18.2. The number of benzene rings is 1. The fraction of sp³-hybridized carbons (Fsp3) is 0.611. The number of hydrogen-bond donors (Lipinski definition) is 1. The van der Waals surface area contributed by atoms with Crippen molar-refractivity contribution in [3.05, 3.63) is 35.4 Å². The molecule has 2 aliphatic rings. The van der Waals surface area contributed by atoms with E-state index in [1.165, 1.54) is 12.1 Å². The summed E-state index contributed by atoms with van der Waals surface area (Å²) in [5.41, 5.74) is -0.851. The Labute approximate surface area is 145 Å². The summed E-state index contributed by atoms with van der Waals surface area (Å²) in [4.78, 5) is 16.4. The predicted octanol–water partition coefficient (Wildman–Crippen LogP) is 2.51. The zero-order valence-electron chi connectivity index (χ0n) is 14.1. The Morgan fingerprint density at radius 2 is 1.92 bits per heavy atom. The standard InChI is InChI=1S/C18H23F3N2O2/c19-18(20,21)15-5-2-1-4-14(15)12-22-9-7-17(13-22)6-3-8-23(10-11-24)16(17)25/h1-2,4-5,24H,3,6-13H2/t17-/m1/s1. The van der Waals surface area contributed by atoms with E-state index in [-0.39, 0.29) is 24.6 Å². The molecular weight excluding hydrogens is 333 g/mol. The van der Waals surface area contributed by atoms with Gasteiger partial charge in [0, 0.05) is 26.2 Å². The molecule has 0 radical (unpaired) electrons. The van der Waals surface area contributed by atoms with Crippen LogP contribution in [0.15, 0.2) is 24.3 Å². The van der Waals surface area contributed by atoms with Gasteiger partial charge >= 0.3 is 6.18 Å². The SMILES string of the molecule is O=C1N(CCO)CCC[C@]12CCN(Cc1ccccc1C(F)(F)F)C2. The van der Waals surface area contributed by atoms with Crippen molar-refractivity contribution in [1.29, 1.82) is 0 Å². The second-order valence-electron chi connectivity index (χ2n) is 7.02. The van der Waals surface area contributed by atoms with E-state index in [2.05, 4.69) is 0 Å². The number of amides is 1. The molecule has 2 fully saturated rings. The molecule has 0 aromatic heterocycles. The van der Waals surface area contributed by atoms with Gasteiger partial charge in [-0.1, -0.05) is 18.2 Å². The molecule has 0 unspecified atom stereocenters. The number of hydrogen-bond acceptors (Lipinski definition) is 3. The second-order valence-corrected chi connectivity index (χ2v) is 7.02. The molecule has 1 atom stereocenters. The number of likely N-dealkylation sites (tertiary alicyclic amines) is 2. The number of piperidine rings is 1. The highest BCUT2D eigenvalue weighted by Crippen LogP contribution is 2.41. The van der Waals surface area contributed by atoms with E-state index in [0.717, 1.165) is 18.9 Å². The fourth-order valence-electron chi connectivity index (χ4n) is 4.13. The first-order valence-corrected chi connectivity index (χ1v) is 8.63. The summed E-state index contributed by atoms with van der Waals surface area (Å²) in [5.74, 6) is 0.0411. The van der Waals surface area contributed by atoms with Gasteiger partial charge in [0.2, 0.25) is 5.91 Å². The number of β-amino-alcohol motifs (C(OH)–C–C–N with tert-alkyl or cyclic N) is 1. The minimum atomic E-state index is -4.37. The van der Waals surface area contributed by atoms with Crippen LogP contribution >= 0.6 is 0 Å². The van der Waals surface area contributed by atoms with Crippen LogP contribution in [-0.4, -0.2) is 53.6 Å². The Kier molecular flexibility index (Phi) is 5.06. The molecule has 3 rings (SSSR count). The third kappa shape index (κ3) is 3.67. The molecule has 1 spiro atoms. The quantitative estimate of drug-likeness (QED) is 0.902. The average molecular weight is 356 g/mol. The number of aliphatic hydroxyl groups is 1. The number of aliphatic hydroxyl groups excluding tert-OH is 1. The molecule has 1 amide bonds. The molecule has 2 aliphatic heterocycles. The van der Waals surface area contributed by atoms with Crippen molar-refractivity contribution < 1.29 is 23.1 Å². The lowest BCUT2D eigenvalue weighted by Crippen LogP contribution is -2.50. The molecule has 7 heteroatoms. The molecular formula is C18H23F3N2O2. The maximum Gasteiger partial charge on any atom is 0.416 e. The van der Waals surface area contributed by atoms with Gasteiger partial charge in [0.15, 0.2) is 0 Å². The summed E-state index contributed by atoms with van der Waals surface area (Å²) in [5, 5.41) is 9.11. The molecule has 4 nitrogen and oxygen atoms in total. The van der Waals surface area contributed by atoms with Gasteiger partial charge in [0.25, 0.3) is 0 Å². The molecule has 1 N–H and O–H groups in total. The van der Waals surface area contributed by atoms with Crippen molar-refractivity contribution in [2.24, 2.45) is 5.41 Å². The average Bonchev–Trinajstić information content (AvgIpc) is 2.95. The van der Waals surface area contributed by atoms with Crippen LogP contribution in [0.2, 0.25) is 0 Å². The predicted molar refractivity (Wildman–Crippen MR) is 86.7 cm³/mol.